The van der Waals surface area contributed by atoms with E-state index in [1.54, 1.807) is 10.9 Å². The first-order chi connectivity index (χ1) is 6.56. The van der Waals surface area contributed by atoms with E-state index in [-0.39, 0.29) is 5.57 Å². The summed E-state index contributed by atoms with van der Waals surface area (Å²) in [4.78, 5) is 10.3. The molecule has 0 aliphatic heterocycles. The Bertz CT molecular complexity index is 382. The summed E-state index contributed by atoms with van der Waals surface area (Å²) in [6.45, 7) is 3.98. The van der Waals surface area contributed by atoms with Crippen molar-refractivity contribution in [3.8, 4) is 0 Å². The van der Waals surface area contributed by atoms with E-state index < -0.39 is 11.8 Å². The molecule has 0 saturated carbocycles. The first-order valence-corrected chi connectivity index (χ1v) is 4.18. The van der Waals surface area contributed by atoms with Gasteiger partial charge in [0.15, 0.2) is 0 Å². The van der Waals surface area contributed by atoms with E-state index in [0.29, 0.717) is 12.1 Å². The molecule has 0 radical (unpaired) electrons. The number of aryl methyl sites for hydroxylation is 1. The minimum Gasteiger partial charge on any atom is -0.476 e. The van der Waals surface area contributed by atoms with Crippen LogP contribution in [0.2, 0.25) is 0 Å². The maximum Gasteiger partial charge on any atom is 0.365 e. The number of aliphatic carboxylic acids is 1. The average molecular weight is 198 g/mol. The van der Waals surface area contributed by atoms with Gasteiger partial charge in [0.2, 0.25) is 5.83 Å². The van der Waals surface area contributed by atoms with Crippen molar-refractivity contribution in [2.45, 2.75) is 20.4 Å². The second kappa shape index (κ2) is 4.04. The summed E-state index contributed by atoms with van der Waals surface area (Å²) in [6.07, 6.45) is 3.05. The fourth-order valence-electron chi connectivity index (χ4n) is 1.02. The third-order valence-electron chi connectivity index (χ3n) is 1.91. The van der Waals surface area contributed by atoms with Crippen LogP contribution >= 0.6 is 0 Å². The Kier molecular flexibility index (Phi) is 3.01. The summed E-state index contributed by atoms with van der Waals surface area (Å²) in [5, 5.41) is 12.3. The Morgan fingerprint density at radius 3 is 2.79 bits per heavy atom. The molecular weight excluding hydrogens is 187 g/mol. The normalized spacial score (nSPS) is 12.5. The van der Waals surface area contributed by atoms with Gasteiger partial charge >= 0.3 is 5.97 Å². The molecule has 1 rings (SSSR count). The number of nitrogens with zero attached hydrogens (tertiary/aromatic N) is 2. The van der Waals surface area contributed by atoms with Crippen LogP contribution in [0.5, 0.6) is 0 Å². The van der Waals surface area contributed by atoms with Crippen molar-refractivity contribution in [2.24, 2.45) is 0 Å². The number of carboxylic acids is 1. The molecule has 1 N–H and O–H groups in total. The molecule has 0 atom stereocenters. The second-order valence-corrected chi connectivity index (χ2v) is 2.83. The lowest BCUT2D eigenvalue weighted by molar-refractivity contribution is -0.134. The van der Waals surface area contributed by atoms with Gasteiger partial charge in [0.05, 0.1) is 6.20 Å². The van der Waals surface area contributed by atoms with Crippen LogP contribution in [0.25, 0.3) is 5.57 Å². The van der Waals surface area contributed by atoms with Crippen LogP contribution in [0.15, 0.2) is 18.2 Å². The third-order valence-corrected chi connectivity index (χ3v) is 1.91. The number of allylic oxidation sites excluding steroid dienone is 1. The zero-order valence-electron chi connectivity index (χ0n) is 7.99. The first kappa shape index (κ1) is 10.4. The number of rotatable bonds is 3. The second-order valence-electron chi connectivity index (χ2n) is 2.83. The van der Waals surface area contributed by atoms with Crippen molar-refractivity contribution in [1.82, 2.24) is 9.78 Å². The molecule has 0 bridgehead atoms. The monoisotopic (exact) mass is 198 g/mol. The summed E-state index contributed by atoms with van der Waals surface area (Å²) in [5.74, 6) is -2.69. The summed E-state index contributed by atoms with van der Waals surface area (Å²) in [6, 6.07) is 0. The molecule has 0 aliphatic rings. The van der Waals surface area contributed by atoms with E-state index in [2.05, 4.69) is 5.10 Å². The van der Waals surface area contributed by atoms with Crippen LogP contribution in [0, 0.1) is 0 Å². The maximum atomic E-state index is 13.0. The molecule has 5 heteroatoms. The predicted octanol–water partition coefficient (Wildman–Crippen LogP) is 1.69. The molecule has 1 aromatic heterocycles. The quantitative estimate of drug-likeness (QED) is 0.752. The largest absolute Gasteiger partial charge is 0.476 e. The predicted molar refractivity (Wildman–Crippen MR) is 49.2 cm³/mol. The van der Waals surface area contributed by atoms with E-state index in [9.17, 15) is 9.18 Å². The van der Waals surface area contributed by atoms with Gasteiger partial charge in [0.25, 0.3) is 0 Å². The molecule has 4 nitrogen and oxygen atoms in total. The highest BCUT2D eigenvalue weighted by Crippen LogP contribution is 2.18. The number of aromatic nitrogens is 2. The van der Waals surface area contributed by atoms with E-state index in [4.69, 9.17) is 5.11 Å². The lowest BCUT2D eigenvalue weighted by Crippen LogP contribution is -1.97. The lowest BCUT2D eigenvalue weighted by atomic mass is 10.1. The number of halogens is 1. The standard InChI is InChI=1S/C9H11FN2O2/c1-3-12-5-7(4-11-12)6(2)8(10)9(13)14/h4-5H,3H2,1-2H3,(H,13,14). The van der Waals surface area contributed by atoms with E-state index >= 15 is 0 Å². The molecule has 0 spiro atoms. The summed E-state index contributed by atoms with van der Waals surface area (Å²) >= 11 is 0. The van der Waals surface area contributed by atoms with Gasteiger partial charge in [-0.3, -0.25) is 4.68 Å². The highest BCUT2D eigenvalue weighted by molar-refractivity contribution is 5.93. The van der Waals surface area contributed by atoms with Crippen molar-refractivity contribution in [1.29, 1.82) is 0 Å². The topological polar surface area (TPSA) is 55.1 Å². The van der Waals surface area contributed by atoms with Crippen molar-refractivity contribution in [2.75, 3.05) is 0 Å². The number of hydrogen-bond donors (Lipinski definition) is 1. The smallest absolute Gasteiger partial charge is 0.365 e. The zero-order valence-corrected chi connectivity index (χ0v) is 7.99. The Morgan fingerprint density at radius 2 is 2.36 bits per heavy atom. The number of carbonyl (C=O) groups is 1. The van der Waals surface area contributed by atoms with Crippen LogP contribution in [0.3, 0.4) is 0 Å². The highest BCUT2D eigenvalue weighted by Gasteiger charge is 2.12. The van der Waals surface area contributed by atoms with Gasteiger partial charge in [-0.2, -0.15) is 9.49 Å². The zero-order chi connectivity index (χ0) is 10.7. The minimum atomic E-state index is -1.55. The van der Waals surface area contributed by atoms with Crippen molar-refractivity contribution < 1.29 is 14.3 Å². The SMILES string of the molecule is CCn1cc(C(C)=C(F)C(=O)O)cn1. The fourth-order valence-corrected chi connectivity index (χ4v) is 1.02. The molecular formula is C9H11FN2O2. The van der Waals surface area contributed by atoms with Crippen molar-refractivity contribution in [3.63, 3.8) is 0 Å². The van der Waals surface area contributed by atoms with Gasteiger partial charge in [-0.25, -0.2) is 4.79 Å². The minimum absolute atomic E-state index is 0.0946. The Balaban J connectivity index is 3.05. The summed E-state index contributed by atoms with van der Waals surface area (Å²) in [5.41, 5.74) is 0.587. The Hall–Kier alpha value is -1.65. The first-order valence-electron chi connectivity index (χ1n) is 4.18. The number of hydrogen-bond acceptors (Lipinski definition) is 2. The van der Waals surface area contributed by atoms with Crippen LogP contribution in [-0.4, -0.2) is 20.9 Å². The van der Waals surface area contributed by atoms with E-state index in [1.165, 1.54) is 13.1 Å². The Labute approximate surface area is 80.7 Å². The maximum absolute atomic E-state index is 13.0. The third kappa shape index (κ3) is 1.99. The molecule has 0 amide bonds. The number of carboxylic acid groups (broad SMARTS) is 1. The molecule has 1 aromatic rings. The molecule has 0 fully saturated rings. The summed E-state index contributed by atoms with van der Waals surface area (Å²) < 4.78 is 14.6. The molecule has 76 valence electrons. The van der Waals surface area contributed by atoms with Gasteiger partial charge in [0, 0.05) is 23.9 Å². The lowest BCUT2D eigenvalue weighted by Gasteiger charge is -1.96. The summed E-state index contributed by atoms with van der Waals surface area (Å²) in [7, 11) is 0. The van der Waals surface area contributed by atoms with Crippen LogP contribution in [0.4, 0.5) is 4.39 Å². The van der Waals surface area contributed by atoms with Crippen LogP contribution in [0.1, 0.15) is 19.4 Å². The van der Waals surface area contributed by atoms with Crippen molar-refractivity contribution >= 4 is 11.5 Å². The van der Waals surface area contributed by atoms with Crippen LogP contribution < -0.4 is 0 Å². The average Bonchev–Trinajstić information content (AvgIpc) is 2.63. The molecule has 1 heterocycles. The van der Waals surface area contributed by atoms with Crippen molar-refractivity contribution in [3.05, 3.63) is 23.8 Å². The van der Waals surface area contributed by atoms with Crippen LogP contribution in [-0.2, 0) is 11.3 Å². The molecule has 0 aromatic carbocycles. The fraction of sp³-hybridized carbons (Fsp3) is 0.333. The Morgan fingerprint density at radius 1 is 1.71 bits per heavy atom. The van der Waals surface area contributed by atoms with Gasteiger partial charge < -0.3 is 5.11 Å². The van der Waals surface area contributed by atoms with E-state index in [0.717, 1.165) is 0 Å². The molecule has 0 unspecified atom stereocenters. The van der Waals surface area contributed by atoms with Gasteiger partial charge in [-0.05, 0) is 13.8 Å². The molecule has 14 heavy (non-hydrogen) atoms. The highest BCUT2D eigenvalue weighted by atomic mass is 19.1. The van der Waals surface area contributed by atoms with E-state index in [1.807, 2.05) is 6.92 Å². The van der Waals surface area contributed by atoms with Gasteiger partial charge in [0.1, 0.15) is 0 Å². The van der Waals surface area contributed by atoms with Gasteiger partial charge in [-0.1, -0.05) is 0 Å². The molecule has 0 saturated heterocycles. The van der Waals surface area contributed by atoms with Gasteiger partial charge in [-0.15, -0.1) is 0 Å². The molecule has 0 aliphatic carbocycles.